The largest absolute Gasteiger partial charge is 0.281 e. The number of amides is 1. The molecule has 0 saturated carbocycles. The lowest BCUT2D eigenvalue weighted by Crippen LogP contribution is -2.28. The maximum atomic E-state index is 12.4. The van der Waals surface area contributed by atoms with Gasteiger partial charge in [0.05, 0.1) is 6.20 Å². The average Bonchev–Trinajstić information content (AvgIpc) is 2.02. The highest BCUT2D eigenvalue weighted by molar-refractivity contribution is 7.90. The van der Waals surface area contributed by atoms with Crippen molar-refractivity contribution in [2.24, 2.45) is 0 Å². The molecule has 0 unspecified atom stereocenters. The molecule has 0 atom stereocenters. The van der Waals surface area contributed by atoms with E-state index in [1.165, 1.54) is 0 Å². The zero-order valence-corrected chi connectivity index (χ0v) is 8.01. The van der Waals surface area contributed by atoms with Crippen LogP contribution < -0.4 is 4.72 Å². The standard InChI is InChI=1S/C7H7FN2O3S/c1-5(11)10-14(12,13)7-3-2-6(8)4-9-7/h2-4H,1H3,(H,10,11). The Kier molecular flexibility index (Phi) is 2.80. The summed E-state index contributed by atoms with van der Waals surface area (Å²) in [7, 11) is -3.95. The monoisotopic (exact) mass is 218 g/mol. The lowest BCUT2D eigenvalue weighted by molar-refractivity contribution is -0.117. The van der Waals surface area contributed by atoms with Gasteiger partial charge in [0.15, 0.2) is 5.03 Å². The van der Waals surface area contributed by atoms with Crippen LogP contribution in [0.15, 0.2) is 23.4 Å². The van der Waals surface area contributed by atoms with Gasteiger partial charge >= 0.3 is 0 Å². The van der Waals surface area contributed by atoms with Crippen molar-refractivity contribution in [2.45, 2.75) is 11.9 Å². The molecule has 7 heteroatoms. The molecule has 1 N–H and O–H groups in total. The van der Waals surface area contributed by atoms with Crippen molar-refractivity contribution in [3.8, 4) is 0 Å². The van der Waals surface area contributed by atoms with Crippen LogP contribution in [0.1, 0.15) is 6.92 Å². The van der Waals surface area contributed by atoms with E-state index in [0.717, 1.165) is 25.3 Å². The number of halogens is 1. The highest BCUT2D eigenvalue weighted by Crippen LogP contribution is 2.04. The average molecular weight is 218 g/mol. The molecule has 0 bridgehead atoms. The Labute approximate surface area is 80.0 Å². The fraction of sp³-hybridized carbons (Fsp3) is 0.143. The number of carbonyl (C=O) groups is 1. The Morgan fingerprint density at radius 2 is 2.14 bits per heavy atom. The fourth-order valence-corrected chi connectivity index (χ4v) is 1.68. The molecule has 1 rings (SSSR count). The predicted octanol–water partition coefficient (Wildman–Crippen LogP) is 0.0455. The minimum atomic E-state index is -3.95. The highest BCUT2D eigenvalue weighted by atomic mass is 32.2. The molecular weight excluding hydrogens is 211 g/mol. The van der Waals surface area contributed by atoms with Crippen LogP contribution in [0.2, 0.25) is 0 Å². The second-order valence-corrected chi connectivity index (χ2v) is 4.11. The SMILES string of the molecule is CC(=O)NS(=O)(=O)c1ccc(F)cn1. The van der Waals surface area contributed by atoms with E-state index in [1.54, 1.807) is 4.72 Å². The number of aromatic nitrogens is 1. The van der Waals surface area contributed by atoms with Gasteiger partial charge in [-0.1, -0.05) is 0 Å². The molecule has 76 valence electrons. The van der Waals surface area contributed by atoms with Gasteiger partial charge in [-0.05, 0) is 12.1 Å². The Bertz CT molecular complexity index is 441. The molecule has 5 nitrogen and oxygen atoms in total. The van der Waals surface area contributed by atoms with E-state index < -0.39 is 26.8 Å². The summed E-state index contributed by atoms with van der Waals surface area (Å²) < 4.78 is 36.6. The van der Waals surface area contributed by atoms with Crippen molar-refractivity contribution in [1.82, 2.24) is 9.71 Å². The third kappa shape index (κ3) is 2.49. The van der Waals surface area contributed by atoms with E-state index in [9.17, 15) is 17.6 Å². The highest BCUT2D eigenvalue weighted by Gasteiger charge is 2.16. The topological polar surface area (TPSA) is 76.1 Å². The Morgan fingerprint density at radius 1 is 1.50 bits per heavy atom. The van der Waals surface area contributed by atoms with E-state index in [4.69, 9.17) is 0 Å². The molecule has 1 aromatic rings. The van der Waals surface area contributed by atoms with Crippen LogP contribution in [-0.4, -0.2) is 19.3 Å². The summed E-state index contributed by atoms with van der Waals surface area (Å²) in [6.45, 7) is 1.06. The van der Waals surface area contributed by atoms with Crippen LogP contribution in [0.3, 0.4) is 0 Å². The molecule has 0 aliphatic heterocycles. The first-order valence-electron chi connectivity index (χ1n) is 3.57. The number of pyridine rings is 1. The van der Waals surface area contributed by atoms with Gasteiger partial charge in [-0.2, -0.15) is 8.42 Å². The Morgan fingerprint density at radius 3 is 2.57 bits per heavy atom. The number of rotatable bonds is 2. The number of carbonyl (C=O) groups excluding carboxylic acids is 1. The molecule has 0 aromatic carbocycles. The van der Waals surface area contributed by atoms with Crippen molar-refractivity contribution in [2.75, 3.05) is 0 Å². The van der Waals surface area contributed by atoms with Crippen LogP contribution in [-0.2, 0) is 14.8 Å². The Hall–Kier alpha value is -1.50. The van der Waals surface area contributed by atoms with Crippen LogP contribution in [0.5, 0.6) is 0 Å². The molecule has 1 aromatic heterocycles. The summed E-state index contributed by atoms with van der Waals surface area (Å²) in [6, 6.07) is 1.92. The number of sulfonamides is 1. The molecule has 0 fully saturated rings. The minimum Gasteiger partial charge on any atom is -0.274 e. The lowest BCUT2D eigenvalue weighted by atomic mass is 10.5. The van der Waals surface area contributed by atoms with Gasteiger partial charge in [-0.3, -0.25) is 4.79 Å². The van der Waals surface area contributed by atoms with Crippen LogP contribution in [0.25, 0.3) is 0 Å². The first-order valence-corrected chi connectivity index (χ1v) is 5.05. The van der Waals surface area contributed by atoms with Gasteiger partial charge in [-0.25, -0.2) is 14.1 Å². The summed E-state index contributed by atoms with van der Waals surface area (Å²) in [5.74, 6) is -1.37. The zero-order valence-electron chi connectivity index (χ0n) is 7.19. The third-order valence-corrected chi connectivity index (χ3v) is 2.60. The fourth-order valence-electron chi connectivity index (χ4n) is 0.763. The molecule has 0 spiro atoms. The second kappa shape index (κ2) is 3.70. The van der Waals surface area contributed by atoms with E-state index in [1.807, 2.05) is 0 Å². The second-order valence-electron chi connectivity index (χ2n) is 2.48. The smallest absolute Gasteiger partial charge is 0.274 e. The van der Waals surface area contributed by atoms with Gasteiger partial charge in [0.25, 0.3) is 10.0 Å². The quantitative estimate of drug-likeness (QED) is 0.760. The summed E-state index contributed by atoms with van der Waals surface area (Å²) >= 11 is 0. The summed E-state index contributed by atoms with van der Waals surface area (Å²) in [4.78, 5) is 13.8. The molecule has 14 heavy (non-hydrogen) atoms. The van der Waals surface area contributed by atoms with E-state index >= 15 is 0 Å². The van der Waals surface area contributed by atoms with Crippen molar-refractivity contribution >= 4 is 15.9 Å². The third-order valence-electron chi connectivity index (χ3n) is 1.25. The number of hydrogen-bond acceptors (Lipinski definition) is 4. The molecule has 1 amide bonds. The lowest BCUT2D eigenvalue weighted by Gasteiger charge is -2.02. The first-order chi connectivity index (χ1) is 6.42. The molecule has 0 aliphatic rings. The number of nitrogens with one attached hydrogen (secondary N) is 1. The summed E-state index contributed by atoms with van der Waals surface area (Å²) in [5.41, 5.74) is 0. The molecule has 0 saturated heterocycles. The molecule has 1 heterocycles. The minimum absolute atomic E-state index is 0.394. The maximum Gasteiger partial charge on any atom is 0.281 e. The van der Waals surface area contributed by atoms with Crippen LogP contribution in [0, 0.1) is 5.82 Å². The van der Waals surface area contributed by atoms with E-state index in [-0.39, 0.29) is 0 Å². The molecular formula is C7H7FN2O3S. The predicted molar refractivity (Wildman–Crippen MR) is 45.2 cm³/mol. The van der Waals surface area contributed by atoms with Gasteiger partial charge < -0.3 is 0 Å². The van der Waals surface area contributed by atoms with Gasteiger partial charge in [0, 0.05) is 6.92 Å². The molecule has 0 aliphatic carbocycles. The summed E-state index contributed by atoms with van der Waals surface area (Å²) in [6.07, 6.45) is 0.759. The van der Waals surface area contributed by atoms with E-state index in [2.05, 4.69) is 4.98 Å². The first kappa shape index (κ1) is 10.6. The van der Waals surface area contributed by atoms with E-state index in [0.29, 0.717) is 0 Å². The molecule has 0 radical (unpaired) electrons. The van der Waals surface area contributed by atoms with Crippen LogP contribution >= 0.6 is 0 Å². The Balaban J connectivity index is 3.05. The van der Waals surface area contributed by atoms with Gasteiger partial charge in [0.1, 0.15) is 5.82 Å². The normalized spacial score (nSPS) is 11.0. The van der Waals surface area contributed by atoms with Crippen LogP contribution in [0.4, 0.5) is 4.39 Å². The van der Waals surface area contributed by atoms with Crippen molar-refractivity contribution in [3.05, 3.63) is 24.1 Å². The zero-order chi connectivity index (χ0) is 10.8. The number of hydrogen-bond donors (Lipinski definition) is 1. The van der Waals surface area contributed by atoms with Crippen molar-refractivity contribution in [1.29, 1.82) is 0 Å². The van der Waals surface area contributed by atoms with Gasteiger partial charge in [-0.15, -0.1) is 0 Å². The summed E-state index contributed by atoms with van der Waals surface area (Å²) in [5, 5.41) is -0.394. The number of nitrogens with zero attached hydrogens (tertiary/aromatic N) is 1. The van der Waals surface area contributed by atoms with Gasteiger partial charge in [0.2, 0.25) is 5.91 Å². The van der Waals surface area contributed by atoms with Crippen molar-refractivity contribution in [3.63, 3.8) is 0 Å². The van der Waals surface area contributed by atoms with Crippen molar-refractivity contribution < 1.29 is 17.6 Å². The maximum absolute atomic E-state index is 12.4.